The first-order valence-electron chi connectivity index (χ1n) is 7.59. The Balaban J connectivity index is 0.000000849. The van der Waals surface area contributed by atoms with Crippen molar-refractivity contribution in [1.82, 2.24) is 9.61 Å². The normalized spacial score (nSPS) is 10.6. The molecule has 0 N–H and O–H groups in total. The van der Waals surface area contributed by atoms with E-state index in [1.54, 1.807) is 16.9 Å². The zero-order chi connectivity index (χ0) is 16.3. The van der Waals surface area contributed by atoms with Crippen molar-refractivity contribution < 1.29 is 1.43 Å². The number of benzene rings is 1. The molecule has 0 spiro atoms. The van der Waals surface area contributed by atoms with E-state index in [0.717, 1.165) is 16.6 Å². The van der Waals surface area contributed by atoms with Crippen molar-refractivity contribution >= 4 is 30.4 Å². The maximum Gasteiger partial charge on any atom is 0.115 e. The summed E-state index contributed by atoms with van der Waals surface area (Å²) in [6.07, 6.45) is 3.41. The maximum atomic E-state index is 6.24. The smallest absolute Gasteiger partial charge is 0.115 e. The molecule has 0 unspecified atom stereocenters. The van der Waals surface area contributed by atoms with Crippen LogP contribution in [0.5, 0.6) is 0 Å². The van der Waals surface area contributed by atoms with Gasteiger partial charge in [-0.25, -0.2) is 4.52 Å². The summed E-state index contributed by atoms with van der Waals surface area (Å²) in [7, 11) is 5.95. The van der Waals surface area contributed by atoms with Gasteiger partial charge in [-0.1, -0.05) is 75.1 Å². The molecular formula is C18H22BClN2. The van der Waals surface area contributed by atoms with Gasteiger partial charge in [0.2, 0.25) is 0 Å². The van der Waals surface area contributed by atoms with Crippen molar-refractivity contribution in [3.05, 3.63) is 53.3 Å². The minimum Gasteiger partial charge on any atom is -0.239 e. The standard InChI is InChI=1S/C16H14BClN2.C2H6.H2/c1-10(2)11-3-5-12(6-4-11)14-7-13(17)9-20-16(14)15(18)8-19-20;1-2;/h3-10H,1-2H3;1-2H3;1H/i;;1+1. The lowest BCUT2D eigenvalue weighted by Crippen LogP contribution is -2.07. The molecule has 2 nitrogen and oxygen atoms in total. The number of rotatable bonds is 2. The monoisotopic (exact) mass is 313 g/mol. The van der Waals surface area contributed by atoms with Gasteiger partial charge in [-0.2, -0.15) is 5.10 Å². The predicted molar refractivity (Wildman–Crippen MR) is 98.6 cm³/mol. The van der Waals surface area contributed by atoms with Crippen LogP contribution in [0.1, 0.15) is 40.6 Å². The van der Waals surface area contributed by atoms with Crippen LogP contribution in [-0.2, 0) is 0 Å². The number of halogens is 1. The van der Waals surface area contributed by atoms with Crippen LogP contribution in [-0.4, -0.2) is 17.5 Å². The van der Waals surface area contributed by atoms with Crippen molar-refractivity contribution in [2.24, 2.45) is 0 Å². The zero-order valence-corrected chi connectivity index (χ0v) is 14.2. The summed E-state index contributed by atoms with van der Waals surface area (Å²) < 4.78 is 1.73. The number of hydrogen-bond donors (Lipinski definition) is 0. The highest BCUT2D eigenvalue weighted by Gasteiger charge is 2.10. The lowest BCUT2D eigenvalue weighted by molar-refractivity contribution is 0.867. The second kappa shape index (κ2) is 7.02. The topological polar surface area (TPSA) is 17.3 Å². The van der Waals surface area contributed by atoms with Gasteiger partial charge < -0.3 is 0 Å². The van der Waals surface area contributed by atoms with Gasteiger partial charge >= 0.3 is 0 Å². The first kappa shape index (κ1) is 16.6. The van der Waals surface area contributed by atoms with Gasteiger partial charge in [-0.15, -0.1) is 0 Å². The molecule has 0 aliphatic heterocycles. The lowest BCUT2D eigenvalue weighted by Gasteiger charge is -2.10. The Kier molecular flexibility index (Phi) is 5.30. The summed E-state index contributed by atoms with van der Waals surface area (Å²) in [5.74, 6) is 0.517. The van der Waals surface area contributed by atoms with Gasteiger partial charge in [0.15, 0.2) is 0 Å². The van der Waals surface area contributed by atoms with Gasteiger partial charge in [-0.05, 0) is 17.0 Å². The fraction of sp³-hybridized carbons (Fsp3) is 0.278. The number of pyridine rings is 1. The number of nitrogens with zero attached hydrogens (tertiary/aromatic N) is 2. The Bertz CT molecular complexity index is 767. The van der Waals surface area contributed by atoms with Crippen LogP contribution in [0.3, 0.4) is 0 Å². The van der Waals surface area contributed by atoms with E-state index < -0.39 is 0 Å². The van der Waals surface area contributed by atoms with Crippen molar-refractivity contribution in [3.8, 4) is 11.1 Å². The number of hydrogen-bond acceptors (Lipinski definition) is 1. The molecule has 0 saturated carbocycles. The van der Waals surface area contributed by atoms with E-state index in [9.17, 15) is 0 Å². The predicted octanol–water partition coefficient (Wildman–Crippen LogP) is 4.84. The molecule has 0 aliphatic carbocycles. The Morgan fingerprint density at radius 3 is 2.41 bits per heavy atom. The van der Waals surface area contributed by atoms with Crippen LogP contribution in [0.15, 0.2) is 42.7 Å². The second-order valence-corrected chi connectivity index (χ2v) is 5.66. The molecule has 1 aromatic carbocycles. The van der Waals surface area contributed by atoms with Crippen LogP contribution in [0.4, 0.5) is 0 Å². The van der Waals surface area contributed by atoms with Crippen LogP contribution in [0.2, 0.25) is 5.02 Å². The molecule has 0 saturated heterocycles. The van der Waals surface area contributed by atoms with Crippen molar-refractivity contribution in [2.75, 3.05) is 0 Å². The van der Waals surface area contributed by atoms with Crippen molar-refractivity contribution in [2.45, 2.75) is 33.6 Å². The van der Waals surface area contributed by atoms with Crippen molar-refractivity contribution in [1.29, 1.82) is 0 Å². The van der Waals surface area contributed by atoms with Gasteiger partial charge in [0, 0.05) is 13.2 Å². The highest BCUT2D eigenvalue weighted by molar-refractivity contribution is 6.36. The quantitative estimate of drug-likeness (QED) is 0.619. The summed E-state index contributed by atoms with van der Waals surface area (Å²) in [5, 5.41) is 4.85. The van der Waals surface area contributed by atoms with Crippen LogP contribution >= 0.6 is 11.6 Å². The Labute approximate surface area is 140 Å². The molecule has 2 radical (unpaired) electrons. The molecule has 4 heteroatoms. The molecule has 3 aromatic rings. The Morgan fingerprint density at radius 2 is 1.82 bits per heavy atom. The van der Waals surface area contributed by atoms with E-state index in [0.29, 0.717) is 16.4 Å². The zero-order valence-electron chi connectivity index (χ0n) is 13.5. The summed E-state index contributed by atoms with van der Waals surface area (Å²) in [6, 6.07) is 10.4. The molecule has 22 heavy (non-hydrogen) atoms. The molecule has 0 aliphatic rings. The summed E-state index contributed by atoms with van der Waals surface area (Å²) in [5.41, 5.74) is 4.96. The molecule has 3 rings (SSSR count). The Morgan fingerprint density at radius 1 is 1.18 bits per heavy atom. The molecule has 0 amide bonds. The van der Waals surface area contributed by atoms with Gasteiger partial charge in [-0.3, -0.25) is 0 Å². The summed E-state index contributed by atoms with van der Waals surface area (Å²) in [6.45, 7) is 8.36. The lowest BCUT2D eigenvalue weighted by atomic mass is 9.93. The van der Waals surface area contributed by atoms with Gasteiger partial charge in [0.25, 0.3) is 0 Å². The fourth-order valence-electron chi connectivity index (χ4n) is 2.37. The van der Waals surface area contributed by atoms with E-state index in [2.05, 4.69) is 43.2 Å². The molecular weight excluding hydrogens is 290 g/mol. The molecule has 2 aromatic heterocycles. The fourth-order valence-corrected chi connectivity index (χ4v) is 2.60. The van der Waals surface area contributed by atoms with Crippen molar-refractivity contribution in [3.63, 3.8) is 0 Å². The third kappa shape index (κ3) is 3.20. The van der Waals surface area contributed by atoms with E-state index in [4.69, 9.17) is 19.4 Å². The third-order valence-corrected chi connectivity index (χ3v) is 3.75. The molecule has 2 heterocycles. The van der Waals surface area contributed by atoms with E-state index in [1.807, 2.05) is 19.9 Å². The Hall–Kier alpha value is -1.74. The van der Waals surface area contributed by atoms with Crippen LogP contribution in [0, 0.1) is 0 Å². The van der Waals surface area contributed by atoms with E-state index in [-0.39, 0.29) is 1.43 Å². The first-order chi connectivity index (χ1) is 10.6. The summed E-state index contributed by atoms with van der Waals surface area (Å²) >= 11 is 6.24. The minimum absolute atomic E-state index is 0. The molecule has 0 fully saturated rings. The maximum absolute atomic E-state index is 6.24. The number of aromatic nitrogens is 2. The van der Waals surface area contributed by atoms with Crippen LogP contribution in [0.25, 0.3) is 16.6 Å². The largest absolute Gasteiger partial charge is 0.239 e. The summed E-state index contributed by atoms with van der Waals surface area (Å²) in [4.78, 5) is 0. The van der Waals surface area contributed by atoms with E-state index >= 15 is 0 Å². The minimum atomic E-state index is 0. The average molecular weight is 314 g/mol. The SMILES string of the molecule is CC.[2HH].[B]c1cc(-c2ccc(C(C)C)cc2)c2c(Cl)cnn2c1. The molecule has 0 bridgehead atoms. The first-order valence-corrected chi connectivity index (χ1v) is 7.97. The molecule has 114 valence electrons. The van der Waals surface area contributed by atoms with Crippen LogP contribution < -0.4 is 5.46 Å². The van der Waals surface area contributed by atoms with Gasteiger partial charge in [0.1, 0.15) is 7.85 Å². The average Bonchev–Trinajstić information content (AvgIpc) is 2.90. The molecule has 0 atom stereocenters. The van der Waals surface area contributed by atoms with E-state index in [1.165, 1.54) is 5.56 Å². The number of fused-ring (bicyclic) bond motifs is 1. The van der Waals surface area contributed by atoms with Gasteiger partial charge in [0.05, 0.1) is 16.7 Å². The second-order valence-electron chi connectivity index (χ2n) is 5.25. The highest BCUT2D eigenvalue weighted by Crippen LogP contribution is 2.29. The highest BCUT2D eigenvalue weighted by atomic mass is 35.5. The third-order valence-electron chi connectivity index (χ3n) is 3.48.